The number of hydrogen-bond donors (Lipinski definition) is 2. The summed E-state index contributed by atoms with van der Waals surface area (Å²) < 4.78 is 8.37. The number of hydrazone groups is 1. The average molecular weight is 386 g/mol. The monoisotopic (exact) mass is 386 g/mol. The van der Waals surface area contributed by atoms with Crippen molar-refractivity contribution in [2.75, 3.05) is 12.5 Å². The molecule has 0 aliphatic heterocycles. The van der Waals surface area contributed by atoms with Crippen LogP contribution in [0.15, 0.2) is 32.9 Å². The maximum absolute atomic E-state index is 12.4. The standard InChI is InChI=1S/C17H18N6O5/c1-21-12-13(22(2)17(27)23(3)14(12)25)19-16(21)20-18-8-10-7-9(15(26)28-4)5-6-11(10)24/h5-8,24H,1-4H3,(H,19,20). The van der Waals surface area contributed by atoms with Crippen LogP contribution < -0.4 is 16.7 Å². The Morgan fingerprint density at radius 2 is 1.93 bits per heavy atom. The number of imidazole rings is 1. The molecule has 0 unspecified atom stereocenters. The zero-order valence-electron chi connectivity index (χ0n) is 15.6. The van der Waals surface area contributed by atoms with Gasteiger partial charge in [0.25, 0.3) is 5.56 Å². The van der Waals surface area contributed by atoms with Gasteiger partial charge in [-0.3, -0.25) is 13.9 Å². The minimum absolute atomic E-state index is 0.0838. The van der Waals surface area contributed by atoms with Crippen LogP contribution in [0.1, 0.15) is 15.9 Å². The quantitative estimate of drug-likeness (QED) is 0.364. The van der Waals surface area contributed by atoms with E-state index in [1.165, 1.54) is 54.8 Å². The SMILES string of the molecule is COC(=O)c1ccc(O)c(C=NNc2nc3c(c(=O)n(C)c(=O)n3C)n2C)c1. The van der Waals surface area contributed by atoms with E-state index in [9.17, 15) is 19.5 Å². The van der Waals surface area contributed by atoms with E-state index in [0.717, 1.165) is 4.57 Å². The van der Waals surface area contributed by atoms with Crippen molar-refractivity contribution >= 4 is 29.3 Å². The lowest BCUT2D eigenvalue weighted by atomic mass is 10.1. The van der Waals surface area contributed by atoms with Crippen molar-refractivity contribution in [1.29, 1.82) is 0 Å². The lowest BCUT2D eigenvalue weighted by molar-refractivity contribution is 0.0600. The van der Waals surface area contributed by atoms with E-state index in [-0.39, 0.29) is 34.0 Å². The summed E-state index contributed by atoms with van der Waals surface area (Å²) >= 11 is 0. The number of esters is 1. The highest BCUT2D eigenvalue weighted by Gasteiger charge is 2.16. The van der Waals surface area contributed by atoms with Crippen LogP contribution in [0.4, 0.5) is 5.95 Å². The van der Waals surface area contributed by atoms with Crippen LogP contribution in [0.3, 0.4) is 0 Å². The molecule has 2 aromatic heterocycles. The van der Waals surface area contributed by atoms with Gasteiger partial charge >= 0.3 is 11.7 Å². The second kappa shape index (κ2) is 7.02. The van der Waals surface area contributed by atoms with Crippen molar-refractivity contribution in [3.63, 3.8) is 0 Å². The Hall–Kier alpha value is -3.89. The predicted octanol–water partition coefficient (Wildman–Crippen LogP) is -0.0911. The number of benzene rings is 1. The number of rotatable bonds is 4. The van der Waals surface area contributed by atoms with Crippen LogP contribution in [-0.4, -0.2) is 43.1 Å². The first kappa shape index (κ1) is 18.9. The molecular formula is C17H18N6O5. The summed E-state index contributed by atoms with van der Waals surface area (Å²) in [6, 6.07) is 4.19. The van der Waals surface area contributed by atoms with Gasteiger partial charge in [0.1, 0.15) is 5.75 Å². The highest BCUT2D eigenvalue weighted by atomic mass is 16.5. The minimum atomic E-state index is -0.547. The molecule has 1 aromatic carbocycles. The van der Waals surface area contributed by atoms with Gasteiger partial charge in [0.05, 0.1) is 18.9 Å². The number of aromatic nitrogens is 4. The van der Waals surface area contributed by atoms with Gasteiger partial charge in [0.15, 0.2) is 11.2 Å². The zero-order valence-corrected chi connectivity index (χ0v) is 15.6. The molecule has 3 rings (SSSR count). The summed E-state index contributed by atoms with van der Waals surface area (Å²) in [5, 5.41) is 13.9. The topological polar surface area (TPSA) is 133 Å². The van der Waals surface area contributed by atoms with E-state index in [4.69, 9.17) is 0 Å². The van der Waals surface area contributed by atoms with Gasteiger partial charge in [-0.05, 0) is 18.2 Å². The molecule has 0 aliphatic rings. The predicted molar refractivity (Wildman–Crippen MR) is 102 cm³/mol. The highest BCUT2D eigenvalue weighted by Crippen LogP contribution is 2.18. The van der Waals surface area contributed by atoms with Gasteiger partial charge < -0.3 is 14.4 Å². The highest BCUT2D eigenvalue weighted by molar-refractivity contribution is 5.93. The number of hydrogen-bond acceptors (Lipinski definition) is 8. The third kappa shape index (κ3) is 3.02. The molecule has 0 aliphatic carbocycles. The average Bonchev–Trinajstić information content (AvgIpc) is 3.02. The Morgan fingerprint density at radius 3 is 2.61 bits per heavy atom. The van der Waals surface area contributed by atoms with Gasteiger partial charge in [-0.1, -0.05) is 0 Å². The summed E-state index contributed by atoms with van der Waals surface area (Å²) in [6.45, 7) is 0. The first-order chi connectivity index (χ1) is 13.3. The van der Waals surface area contributed by atoms with E-state index in [1.54, 1.807) is 7.05 Å². The van der Waals surface area contributed by atoms with Crippen LogP contribution in [0, 0.1) is 0 Å². The van der Waals surface area contributed by atoms with Crippen molar-refractivity contribution in [3.05, 3.63) is 50.2 Å². The van der Waals surface area contributed by atoms with Crippen molar-refractivity contribution in [1.82, 2.24) is 18.7 Å². The van der Waals surface area contributed by atoms with E-state index >= 15 is 0 Å². The molecule has 0 radical (unpaired) electrons. The van der Waals surface area contributed by atoms with Crippen molar-refractivity contribution < 1.29 is 14.6 Å². The first-order valence-corrected chi connectivity index (χ1v) is 8.09. The molecule has 11 heteroatoms. The number of phenolic OH excluding ortho intramolecular Hbond substituents is 1. The molecule has 0 amide bonds. The molecule has 0 bridgehead atoms. The summed E-state index contributed by atoms with van der Waals surface area (Å²) in [6.07, 6.45) is 1.29. The Kier molecular flexibility index (Phi) is 4.74. The molecule has 11 nitrogen and oxygen atoms in total. The number of carbonyl (C=O) groups excluding carboxylic acids is 1. The summed E-state index contributed by atoms with van der Waals surface area (Å²) in [5.74, 6) is -0.414. The molecule has 0 fully saturated rings. The van der Waals surface area contributed by atoms with E-state index in [0.29, 0.717) is 0 Å². The van der Waals surface area contributed by atoms with E-state index in [1.807, 2.05) is 0 Å². The largest absolute Gasteiger partial charge is 0.507 e. The summed E-state index contributed by atoms with van der Waals surface area (Å²) in [4.78, 5) is 40.2. The maximum Gasteiger partial charge on any atom is 0.337 e. The molecular weight excluding hydrogens is 368 g/mol. The van der Waals surface area contributed by atoms with Crippen LogP contribution in [-0.2, 0) is 25.9 Å². The number of nitrogens with one attached hydrogen (secondary N) is 1. The molecule has 0 atom stereocenters. The normalized spacial score (nSPS) is 11.3. The summed E-state index contributed by atoms with van der Waals surface area (Å²) in [5.41, 5.74) is 2.67. The molecule has 146 valence electrons. The van der Waals surface area contributed by atoms with Crippen molar-refractivity contribution in [2.45, 2.75) is 0 Å². The fourth-order valence-electron chi connectivity index (χ4n) is 2.68. The van der Waals surface area contributed by atoms with Gasteiger partial charge in [-0.25, -0.2) is 15.0 Å². The number of anilines is 1. The minimum Gasteiger partial charge on any atom is -0.507 e. The Balaban J connectivity index is 1.97. The van der Waals surface area contributed by atoms with Gasteiger partial charge in [-0.15, -0.1) is 0 Å². The number of carbonyl (C=O) groups is 1. The number of ether oxygens (including phenoxy) is 1. The second-order valence-electron chi connectivity index (χ2n) is 6.01. The molecule has 28 heavy (non-hydrogen) atoms. The van der Waals surface area contributed by atoms with Crippen LogP contribution in [0.5, 0.6) is 5.75 Å². The molecule has 2 heterocycles. The fourth-order valence-corrected chi connectivity index (χ4v) is 2.68. The Labute approximate surface area is 158 Å². The fraction of sp³-hybridized carbons (Fsp3) is 0.235. The lowest BCUT2D eigenvalue weighted by Crippen LogP contribution is -2.37. The number of phenols is 1. The molecule has 2 N–H and O–H groups in total. The lowest BCUT2D eigenvalue weighted by Gasteiger charge is -2.04. The number of aromatic hydroxyl groups is 1. The molecule has 3 aromatic rings. The molecule has 0 saturated carbocycles. The van der Waals surface area contributed by atoms with Gasteiger partial charge in [0.2, 0.25) is 5.95 Å². The third-order valence-corrected chi connectivity index (χ3v) is 4.29. The molecule has 0 saturated heterocycles. The van der Waals surface area contributed by atoms with Crippen molar-refractivity contribution in [2.24, 2.45) is 26.2 Å². The maximum atomic E-state index is 12.4. The van der Waals surface area contributed by atoms with Gasteiger partial charge in [-0.2, -0.15) is 10.1 Å². The van der Waals surface area contributed by atoms with Crippen LogP contribution in [0.25, 0.3) is 11.2 Å². The van der Waals surface area contributed by atoms with Crippen LogP contribution >= 0.6 is 0 Å². The number of methoxy groups -OCH3 is 1. The van der Waals surface area contributed by atoms with Gasteiger partial charge in [0, 0.05) is 26.7 Å². The molecule has 0 spiro atoms. The number of aryl methyl sites for hydroxylation is 2. The Bertz CT molecular complexity index is 1230. The van der Waals surface area contributed by atoms with Crippen LogP contribution in [0.2, 0.25) is 0 Å². The number of fused-ring (bicyclic) bond motifs is 1. The second-order valence-corrected chi connectivity index (χ2v) is 6.01. The van der Waals surface area contributed by atoms with E-state index in [2.05, 4.69) is 20.2 Å². The number of nitrogens with zero attached hydrogens (tertiary/aromatic N) is 5. The van der Waals surface area contributed by atoms with Crippen molar-refractivity contribution in [3.8, 4) is 5.75 Å². The smallest absolute Gasteiger partial charge is 0.337 e. The van der Waals surface area contributed by atoms with E-state index < -0.39 is 17.2 Å². The zero-order chi connectivity index (χ0) is 20.6. The third-order valence-electron chi connectivity index (χ3n) is 4.29. The Morgan fingerprint density at radius 1 is 1.21 bits per heavy atom. The summed E-state index contributed by atoms with van der Waals surface area (Å²) in [7, 11) is 5.77. The first-order valence-electron chi connectivity index (χ1n) is 8.09.